The Morgan fingerprint density at radius 2 is 1.92 bits per heavy atom. The molecule has 0 spiro atoms. The summed E-state index contributed by atoms with van der Waals surface area (Å²) in [6.45, 7) is 2.17. The summed E-state index contributed by atoms with van der Waals surface area (Å²) in [7, 11) is -0.618. The van der Waals surface area contributed by atoms with Gasteiger partial charge in [0.05, 0.1) is 4.90 Å². The van der Waals surface area contributed by atoms with Crippen molar-refractivity contribution in [2.75, 3.05) is 38.6 Å². The maximum absolute atomic E-state index is 12.4. The van der Waals surface area contributed by atoms with Crippen LogP contribution < -0.4 is 10.2 Å². The first kappa shape index (κ1) is 18.4. The van der Waals surface area contributed by atoms with Gasteiger partial charge in [-0.1, -0.05) is 24.3 Å². The number of sulfonamides is 1. The predicted octanol–water partition coefficient (Wildman–Crippen LogP) is 1.73. The number of amides is 1. The molecule has 0 radical (unpaired) electrons. The van der Waals surface area contributed by atoms with Gasteiger partial charge in [0, 0.05) is 45.0 Å². The van der Waals surface area contributed by atoms with Gasteiger partial charge < -0.3 is 10.2 Å². The molecule has 6 nitrogen and oxygen atoms in total. The molecule has 0 aliphatic carbocycles. The van der Waals surface area contributed by atoms with E-state index in [1.165, 1.54) is 37.5 Å². The number of para-hydroxylation sites is 1. The highest BCUT2D eigenvalue weighted by atomic mass is 32.2. The van der Waals surface area contributed by atoms with Crippen LogP contribution >= 0.6 is 0 Å². The van der Waals surface area contributed by atoms with Crippen molar-refractivity contribution in [3.8, 4) is 0 Å². The van der Waals surface area contributed by atoms with Crippen LogP contribution in [0, 0.1) is 0 Å². The average Bonchev–Trinajstić information content (AvgIpc) is 3.05. The molecule has 1 amide bonds. The minimum absolute atomic E-state index is 0.114. The Balaban J connectivity index is 1.61. The number of benzene rings is 2. The first-order valence-corrected chi connectivity index (χ1v) is 9.97. The zero-order valence-corrected chi connectivity index (χ0v) is 15.8. The number of anilines is 1. The topological polar surface area (TPSA) is 69.7 Å². The fraction of sp³-hybridized carbons (Fsp3) is 0.316. The third-order valence-corrected chi connectivity index (χ3v) is 6.34. The van der Waals surface area contributed by atoms with E-state index in [9.17, 15) is 13.2 Å². The molecule has 2 aromatic carbocycles. The highest BCUT2D eigenvalue weighted by molar-refractivity contribution is 7.89. The van der Waals surface area contributed by atoms with Crippen LogP contribution in [-0.2, 0) is 16.4 Å². The number of carbonyl (C=O) groups excluding carboxylic acids is 1. The summed E-state index contributed by atoms with van der Waals surface area (Å²) in [5.74, 6) is -0.270. The van der Waals surface area contributed by atoms with Gasteiger partial charge >= 0.3 is 0 Å². The van der Waals surface area contributed by atoms with Crippen LogP contribution in [0.1, 0.15) is 15.9 Å². The van der Waals surface area contributed by atoms with Crippen molar-refractivity contribution in [3.05, 3.63) is 59.7 Å². The summed E-state index contributed by atoms with van der Waals surface area (Å²) >= 11 is 0. The summed E-state index contributed by atoms with van der Waals surface area (Å²) in [6.07, 6.45) is 1.02. The Bertz CT molecular complexity index is 910. The average molecular weight is 373 g/mol. The first-order chi connectivity index (χ1) is 12.4. The molecule has 1 N–H and O–H groups in total. The van der Waals surface area contributed by atoms with Crippen molar-refractivity contribution < 1.29 is 13.2 Å². The number of hydrogen-bond donors (Lipinski definition) is 1. The standard InChI is InChI=1S/C19H23N3O3S/c1-21(2)26(24,25)17-8-5-7-16(14-17)19(23)20-11-13-22-12-10-15-6-3-4-9-18(15)22/h3-9,14H,10-13H2,1-2H3,(H,20,23). The lowest BCUT2D eigenvalue weighted by molar-refractivity contribution is 0.0954. The van der Waals surface area contributed by atoms with E-state index in [1.807, 2.05) is 12.1 Å². The van der Waals surface area contributed by atoms with E-state index >= 15 is 0 Å². The molecule has 0 saturated heterocycles. The van der Waals surface area contributed by atoms with Gasteiger partial charge in [-0.2, -0.15) is 0 Å². The number of nitrogens with zero attached hydrogens (tertiary/aromatic N) is 2. The van der Waals surface area contributed by atoms with Gasteiger partial charge in [0.2, 0.25) is 10.0 Å². The second-order valence-corrected chi connectivity index (χ2v) is 8.59. The van der Waals surface area contributed by atoms with Gasteiger partial charge in [-0.15, -0.1) is 0 Å². The van der Waals surface area contributed by atoms with E-state index in [4.69, 9.17) is 0 Å². The number of carbonyl (C=O) groups is 1. The molecule has 0 aromatic heterocycles. The second-order valence-electron chi connectivity index (χ2n) is 6.44. The Kier molecular flexibility index (Phi) is 5.29. The molecule has 1 aliphatic heterocycles. The lowest BCUT2D eigenvalue weighted by Crippen LogP contribution is -2.34. The summed E-state index contributed by atoms with van der Waals surface area (Å²) in [6, 6.07) is 14.4. The lowest BCUT2D eigenvalue weighted by Gasteiger charge is -2.19. The number of hydrogen-bond acceptors (Lipinski definition) is 4. The molecule has 0 fully saturated rings. The van der Waals surface area contributed by atoms with Crippen molar-refractivity contribution in [1.82, 2.24) is 9.62 Å². The maximum atomic E-state index is 12.4. The van der Waals surface area contributed by atoms with Crippen LogP contribution in [0.25, 0.3) is 0 Å². The van der Waals surface area contributed by atoms with Crippen LogP contribution in [0.5, 0.6) is 0 Å². The predicted molar refractivity (Wildman–Crippen MR) is 102 cm³/mol. The highest BCUT2D eigenvalue weighted by Gasteiger charge is 2.20. The summed E-state index contributed by atoms with van der Waals surface area (Å²) in [5, 5.41) is 2.88. The smallest absolute Gasteiger partial charge is 0.251 e. The van der Waals surface area contributed by atoms with Crippen LogP contribution in [0.15, 0.2) is 53.4 Å². The van der Waals surface area contributed by atoms with Gasteiger partial charge in [0.1, 0.15) is 0 Å². The zero-order chi connectivity index (χ0) is 18.7. The molecule has 0 saturated carbocycles. The highest BCUT2D eigenvalue weighted by Crippen LogP contribution is 2.26. The van der Waals surface area contributed by atoms with E-state index in [-0.39, 0.29) is 10.8 Å². The van der Waals surface area contributed by atoms with Crippen LogP contribution in [-0.4, -0.2) is 52.4 Å². The summed E-state index contributed by atoms with van der Waals surface area (Å²) in [4.78, 5) is 14.7. The van der Waals surface area contributed by atoms with Gasteiger partial charge in [-0.05, 0) is 36.2 Å². The van der Waals surface area contributed by atoms with E-state index in [2.05, 4.69) is 22.3 Å². The maximum Gasteiger partial charge on any atom is 0.251 e. The largest absolute Gasteiger partial charge is 0.369 e. The van der Waals surface area contributed by atoms with Crippen molar-refractivity contribution in [1.29, 1.82) is 0 Å². The Morgan fingerprint density at radius 3 is 2.69 bits per heavy atom. The molecule has 3 rings (SSSR count). The third kappa shape index (κ3) is 3.73. The second kappa shape index (κ2) is 7.47. The fourth-order valence-electron chi connectivity index (χ4n) is 3.05. The molecule has 138 valence electrons. The quantitative estimate of drug-likeness (QED) is 0.837. The van der Waals surface area contributed by atoms with Gasteiger partial charge in [-0.3, -0.25) is 4.79 Å². The zero-order valence-electron chi connectivity index (χ0n) is 15.0. The van der Waals surface area contributed by atoms with Gasteiger partial charge in [0.25, 0.3) is 5.91 Å². The van der Waals surface area contributed by atoms with E-state index in [0.29, 0.717) is 12.1 Å². The molecule has 1 heterocycles. The monoisotopic (exact) mass is 373 g/mol. The normalized spacial score (nSPS) is 13.7. The Hall–Kier alpha value is -2.38. The minimum Gasteiger partial charge on any atom is -0.369 e. The first-order valence-electron chi connectivity index (χ1n) is 8.53. The molecule has 26 heavy (non-hydrogen) atoms. The van der Waals surface area contributed by atoms with E-state index in [1.54, 1.807) is 12.1 Å². The molecule has 0 bridgehead atoms. The fourth-order valence-corrected chi connectivity index (χ4v) is 4.00. The van der Waals surface area contributed by atoms with E-state index in [0.717, 1.165) is 23.8 Å². The molecule has 2 aromatic rings. The molecule has 1 aliphatic rings. The summed E-state index contributed by atoms with van der Waals surface area (Å²) in [5.41, 5.74) is 2.90. The Labute approximate surface area is 154 Å². The van der Waals surface area contributed by atoms with Gasteiger partial charge in [-0.25, -0.2) is 12.7 Å². The molecule has 7 heteroatoms. The SMILES string of the molecule is CN(C)S(=O)(=O)c1cccc(C(=O)NCCN2CCc3ccccc32)c1. The van der Waals surface area contributed by atoms with Crippen LogP contribution in [0.4, 0.5) is 5.69 Å². The van der Waals surface area contributed by atoms with Crippen LogP contribution in [0.3, 0.4) is 0 Å². The van der Waals surface area contributed by atoms with Gasteiger partial charge in [0.15, 0.2) is 0 Å². The molecular formula is C19H23N3O3S. The Morgan fingerprint density at radius 1 is 1.15 bits per heavy atom. The number of rotatable bonds is 6. The van der Waals surface area contributed by atoms with Crippen molar-refractivity contribution in [2.24, 2.45) is 0 Å². The van der Waals surface area contributed by atoms with E-state index < -0.39 is 10.0 Å². The molecule has 0 atom stereocenters. The lowest BCUT2D eigenvalue weighted by atomic mass is 10.2. The number of nitrogens with one attached hydrogen (secondary N) is 1. The van der Waals surface area contributed by atoms with Crippen molar-refractivity contribution >= 4 is 21.6 Å². The minimum atomic E-state index is -3.55. The summed E-state index contributed by atoms with van der Waals surface area (Å²) < 4.78 is 25.5. The van der Waals surface area contributed by atoms with Crippen molar-refractivity contribution in [2.45, 2.75) is 11.3 Å². The molecule has 0 unspecified atom stereocenters. The molecular weight excluding hydrogens is 350 g/mol. The van der Waals surface area contributed by atoms with Crippen molar-refractivity contribution in [3.63, 3.8) is 0 Å². The van der Waals surface area contributed by atoms with Crippen LogP contribution in [0.2, 0.25) is 0 Å². The number of fused-ring (bicyclic) bond motifs is 1. The third-order valence-electron chi connectivity index (χ3n) is 4.53.